The van der Waals surface area contributed by atoms with E-state index in [1.54, 1.807) is 18.2 Å². The maximum absolute atomic E-state index is 12.1. The van der Waals surface area contributed by atoms with E-state index in [4.69, 9.17) is 4.52 Å². The minimum Gasteiger partial charge on any atom is -0.434 e. The average molecular weight is 291 g/mol. The average Bonchev–Trinajstić information content (AvgIpc) is 2.65. The van der Waals surface area contributed by atoms with Gasteiger partial charge >= 0.3 is 6.61 Å². The minimum absolute atomic E-state index is 0.00588. The number of alkyl halides is 2. The van der Waals surface area contributed by atoms with Crippen molar-refractivity contribution < 1.29 is 18.0 Å². The van der Waals surface area contributed by atoms with Gasteiger partial charge in [0.15, 0.2) is 0 Å². The Balaban J connectivity index is 2.40. The van der Waals surface area contributed by atoms with Crippen molar-refractivity contribution >= 4 is 15.9 Å². The predicted octanol–water partition coefficient (Wildman–Crippen LogP) is 3.10. The van der Waals surface area contributed by atoms with E-state index in [1.165, 1.54) is 6.07 Å². The molecule has 0 spiro atoms. The summed E-state index contributed by atoms with van der Waals surface area (Å²) >= 11 is 3.00. The van der Waals surface area contributed by atoms with E-state index < -0.39 is 6.61 Å². The molecule has 0 aliphatic rings. The normalized spacial score (nSPS) is 10.8. The first kappa shape index (κ1) is 11.0. The number of nitrogens with zero attached hydrogens (tertiary/aromatic N) is 2. The van der Waals surface area contributed by atoms with Gasteiger partial charge in [0.05, 0.1) is 5.56 Å². The van der Waals surface area contributed by atoms with Gasteiger partial charge in [0.2, 0.25) is 4.73 Å². The van der Waals surface area contributed by atoms with Crippen molar-refractivity contribution in [3.63, 3.8) is 0 Å². The van der Waals surface area contributed by atoms with Crippen LogP contribution in [0.1, 0.15) is 0 Å². The molecule has 0 aliphatic carbocycles. The van der Waals surface area contributed by atoms with Crippen LogP contribution in [0.5, 0.6) is 5.75 Å². The molecule has 1 aromatic heterocycles. The van der Waals surface area contributed by atoms with Crippen molar-refractivity contribution in [2.75, 3.05) is 0 Å². The molecule has 2 aromatic rings. The maximum Gasteiger partial charge on any atom is 0.387 e. The van der Waals surface area contributed by atoms with Crippen LogP contribution in [0.25, 0.3) is 11.5 Å². The Morgan fingerprint density at radius 2 is 2.06 bits per heavy atom. The van der Waals surface area contributed by atoms with Crippen LogP contribution in [0.15, 0.2) is 33.5 Å². The molecule has 0 fully saturated rings. The van der Waals surface area contributed by atoms with Crippen LogP contribution in [0, 0.1) is 0 Å². The number of rotatable bonds is 3. The second kappa shape index (κ2) is 4.56. The topological polar surface area (TPSA) is 48.2 Å². The van der Waals surface area contributed by atoms with E-state index in [0.717, 1.165) is 0 Å². The Bertz CT molecular complexity index is 490. The van der Waals surface area contributed by atoms with Gasteiger partial charge in [-0.15, -0.1) is 0 Å². The third kappa shape index (κ3) is 2.35. The van der Waals surface area contributed by atoms with Crippen LogP contribution < -0.4 is 4.74 Å². The van der Waals surface area contributed by atoms with Gasteiger partial charge in [0.1, 0.15) is 5.75 Å². The van der Waals surface area contributed by atoms with Crippen LogP contribution in [-0.4, -0.2) is 16.8 Å². The standard InChI is InChI=1S/C9H5BrF2N2O2/c10-8-13-7(16-14-8)5-3-1-2-4-6(5)15-9(11)12/h1-4,9H. The number of aromatic nitrogens is 2. The monoisotopic (exact) mass is 290 g/mol. The van der Waals surface area contributed by atoms with E-state index >= 15 is 0 Å². The van der Waals surface area contributed by atoms with Crippen molar-refractivity contribution in [2.24, 2.45) is 0 Å². The number of benzene rings is 1. The SMILES string of the molecule is FC(F)Oc1ccccc1-c1nc(Br)no1. The quantitative estimate of drug-likeness (QED) is 0.871. The summed E-state index contributed by atoms with van der Waals surface area (Å²) in [5.41, 5.74) is 0.320. The molecule has 1 aromatic carbocycles. The second-order valence-electron chi connectivity index (χ2n) is 2.74. The van der Waals surface area contributed by atoms with Crippen LogP contribution in [0.3, 0.4) is 0 Å². The summed E-state index contributed by atoms with van der Waals surface area (Å²) in [5, 5.41) is 3.50. The van der Waals surface area contributed by atoms with Crippen molar-refractivity contribution in [3.05, 3.63) is 29.0 Å². The zero-order valence-electron chi connectivity index (χ0n) is 7.73. The molecule has 0 radical (unpaired) electrons. The van der Waals surface area contributed by atoms with E-state index in [1.807, 2.05) is 0 Å². The number of hydrogen-bond donors (Lipinski definition) is 0. The first-order valence-corrected chi connectivity index (χ1v) is 4.99. The van der Waals surface area contributed by atoms with Crippen LogP contribution >= 0.6 is 15.9 Å². The van der Waals surface area contributed by atoms with Gasteiger partial charge in [-0.1, -0.05) is 12.1 Å². The fourth-order valence-corrected chi connectivity index (χ4v) is 1.39. The Morgan fingerprint density at radius 3 is 2.69 bits per heavy atom. The summed E-state index contributed by atoms with van der Waals surface area (Å²) < 4.78 is 33.7. The summed E-state index contributed by atoms with van der Waals surface area (Å²) in [7, 11) is 0. The third-order valence-corrected chi connectivity index (χ3v) is 2.06. The molecule has 2 rings (SSSR count). The Morgan fingerprint density at radius 1 is 1.31 bits per heavy atom. The van der Waals surface area contributed by atoms with Crippen molar-refractivity contribution in [3.8, 4) is 17.2 Å². The highest BCUT2D eigenvalue weighted by Crippen LogP contribution is 2.30. The van der Waals surface area contributed by atoms with Gasteiger partial charge in [-0.25, -0.2) is 0 Å². The van der Waals surface area contributed by atoms with Gasteiger partial charge in [0, 0.05) is 0 Å². The number of halogens is 3. The smallest absolute Gasteiger partial charge is 0.387 e. The lowest BCUT2D eigenvalue weighted by Gasteiger charge is -2.06. The molecule has 0 unspecified atom stereocenters. The molecular formula is C9H5BrF2N2O2. The molecule has 7 heteroatoms. The van der Waals surface area contributed by atoms with Gasteiger partial charge in [-0.05, 0) is 33.2 Å². The number of ether oxygens (including phenoxy) is 1. The Kier molecular flexibility index (Phi) is 3.14. The highest BCUT2D eigenvalue weighted by atomic mass is 79.9. The summed E-state index contributed by atoms with van der Waals surface area (Å²) in [5.74, 6) is 0.108. The molecule has 0 bridgehead atoms. The number of para-hydroxylation sites is 1. The fraction of sp³-hybridized carbons (Fsp3) is 0.111. The van der Waals surface area contributed by atoms with Crippen molar-refractivity contribution in [2.45, 2.75) is 6.61 Å². The third-order valence-electron chi connectivity index (χ3n) is 1.73. The number of hydrogen-bond acceptors (Lipinski definition) is 4. The van der Waals surface area contributed by atoms with Crippen LogP contribution in [0.2, 0.25) is 0 Å². The molecule has 0 atom stereocenters. The largest absolute Gasteiger partial charge is 0.434 e. The second-order valence-corrected chi connectivity index (χ2v) is 3.45. The molecule has 1 heterocycles. The fourth-order valence-electron chi connectivity index (χ4n) is 1.16. The van der Waals surface area contributed by atoms with Crippen LogP contribution in [0.4, 0.5) is 8.78 Å². The predicted molar refractivity (Wildman–Crippen MR) is 54.1 cm³/mol. The molecule has 0 saturated carbocycles. The zero-order chi connectivity index (χ0) is 11.5. The Hall–Kier alpha value is -1.50. The molecule has 0 saturated heterocycles. The molecule has 4 nitrogen and oxygen atoms in total. The van der Waals surface area contributed by atoms with Gasteiger partial charge in [-0.3, -0.25) is 0 Å². The molecule has 0 N–H and O–H groups in total. The lowest BCUT2D eigenvalue weighted by atomic mass is 10.2. The van der Waals surface area contributed by atoms with Gasteiger partial charge in [-0.2, -0.15) is 13.8 Å². The van der Waals surface area contributed by atoms with Crippen LogP contribution in [-0.2, 0) is 0 Å². The highest BCUT2D eigenvalue weighted by Gasteiger charge is 2.15. The zero-order valence-corrected chi connectivity index (χ0v) is 9.32. The van der Waals surface area contributed by atoms with E-state index in [2.05, 4.69) is 30.8 Å². The lowest BCUT2D eigenvalue weighted by Crippen LogP contribution is -2.02. The molecular weight excluding hydrogens is 286 g/mol. The maximum atomic E-state index is 12.1. The Labute approximate surface area is 97.4 Å². The van der Waals surface area contributed by atoms with Crippen molar-refractivity contribution in [1.29, 1.82) is 0 Å². The lowest BCUT2D eigenvalue weighted by molar-refractivity contribution is -0.0495. The van der Waals surface area contributed by atoms with Gasteiger partial charge in [0.25, 0.3) is 5.89 Å². The molecule has 84 valence electrons. The summed E-state index contributed by atoms with van der Waals surface area (Å²) in [4.78, 5) is 3.86. The highest BCUT2D eigenvalue weighted by molar-refractivity contribution is 9.10. The van der Waals surface area contributed by atoms with E-state index in [9.17, 15) is 8.78 Å². The van der Waals surface area contributed by atoms with E-state index in [0.29, 0.717) is 5.56 Å². The van der Waals surface area contributed by atoms with Crippen molar-refractivity contribution in [1.82, 2.24) is 10.1 Å². The van der Waals surface area contributed by atoms with E-state index in [-0.39, 0.29) is 16.4 Å². The summed E-state index contributed by atoms with van der Waals surface area (Å²) in [6.45, 7) is -2.90. The molecule has 16 heavy (non-hydrogen) atoms. The summed E-state index contributed by atoms with van der Waals surface area (Å²) in [6.07, 6.45) is 0. The first-order chi connectivity index (χ1) is 7.66. The molecule has 0 amide bonds. The first-order valence-electron chi connectivity index (χ1n) is 4.20. The minimum atomic E-state index is -2.90. The molecule has 0 aliphatic heterocycles. The summed E-state index contributed by atoms with van der Waals surface area (Å²) in [6, 6.07) is 6.19. The van der Waals surface area contributed by atoms with Gasteiger partial charge < -0.3 is 9.26 Å².